The molecule has 1 heteroatoms. The molecule has 4 fully saturated rings. The molecule has 0 bridgehead atoms. The molecule has 0 aromatic rings. The van der Waals surface area contributed by atoms with Gasteiger partial charge in [0.2, 0.25) is 0 Å². The predicted molar refractivity (Wildman–Crippen MR) is 53.9 cm³/mol. The van der Waals surface area contributed by atoms with E-state index in [9.17, 15) is 4.79 Å². The van der Waals surface area contributed by atoms with Gasteiger partial charge < -0.3 is 0 Å². The molecule has 0 aliphatic heterocycles. The molecule has 2 atom stereocenters. The first-order chi connectivity index (χ1) is 6.75. The molecule has 0 aromatic carbocycles. The van der Waals surface area contributed by atoms with Crippen molar-refractivity contribution in [1.82, 2.24) is 0 Å². The molecule has 4 rings (SSSR count). The van der Waals surface area contributed by atoms with E-state index in [0.29, 0.717) is 16.6 Å². The first-order valence-corrected chi connectivity index (χ1v) is 6.28. The van der Waals surface area contributed by atoms with Gasteiger partial charge in [-0.25, -0.2) is 0 Å². The number of hydrogen-bond donors (Lipinski definition) is 0. The van der Waals surface area contributed by atoms with E-state index in [0.717, 1.165) is 6.42 Å². The maximum Gasteiger partial charge on any atom is 0.139 e. The van der Waals surface area contributed by atoms with Crippen LogP contribution in [0.15, 0.2) is 0 Å². The second-order valence-corrected chi connectivity index (χ2v) is 6.22. The van der Waals surface area contributed by atoms with Crippen LogP contribution < -0.4 is 0 Å². The van der Waals surface area contributed by atoms with Crippen LogP contribution >= 0.6 is 0 Å². The highest BCUT2D eigenvalue weighted by Crippen LogP contribution is 2.83. The molecule has 1 unspecified atom stereocenters. The quantitative estimate of drug-likeness (QED) is 0.573. The average Bonchev–Trinajstić information content (AvgIpc) is 1.95. The second kappa shape index (κ2) is 1.96. The smallest absolute Gasteiger partial charge is 0.139 e. The van der Waals surface area contributed by atoms with E-state index in [2.05, 4.69) is 0 Å². The summed E-state index contributed by atoms with van der Waals surface area (Å²) in [5.41, 5.74) is 1.47. The molecule has 0 amide bonds. The average molecular weight is 190 g/mol. The molecular formula is C13H18O. The summed E-state index contributed by atoms with van der Waals surface area (Å²) in [6.07, 6.45) is 11.9. The summed E-state index contributed by atoms with van der Waals surface area (Å²) in [5.74, 6) is 0.634. The van der Waals surface area contributed by atoms with Gasteiger partial charge >= 0.3 is 0 Å². The minimum absolute atomic E-state index is 0.242. The van der Waals surface area contributed by atoms with Gasteiger partial charge in [-0.2, -0.15) is 0 Å². The number of hydrogen-bond acceptors (Lipinski definition) is 1. The highest BCUT2D eigenvalue weighted by molar-refractivity contribution is 5.92. The molecular weight excluding hydrogens is 172 g/mol. The van der Waals surface area contributed by atoms with Crippen molar-refractivity contribution in [1.29, 1.82) is 0 Å². The van der Waals surface area contributed by atoms with Crippen LogP contribution in [0.3, 0.4) is 0 Å². The fourth-order valence-electron chi connectivity index (χ4n) is 5.28. The number of ketones is 1. The van der Waals surface area contributed by atoms with E-state index in [4.69, 9.17) is 0 Å². The van der Waals surface area contributed by atoms with Gasteiger partial charge in [0.1, 0.15) is 5.78 Å². The third kappa shape index (κ3) is 0.498. The lowest BCUT2D eigenvalue weighted by atomic mass is 9.24. The maximum absolute atomic E-state index is 11.9. The van der Waals surface area contributed by atoms with E-state index in [1.54, 1.807) is 0 Å². The van der Waals surface area contributed by atoms with Gasteiger partial charge in [0.05, 0.1) is 0 Å². The van der Waals surface area contributed by atoms with E-state index in [1.807, 2.05) is 0 Å². The Morgan fingerprint density at radius 1 is 0.857 bits per heavy atom. The molecule has 3 spiro atoms. The Kier molecular flexibility index (Phi) is 1.11. The van der Waals surface area contributed by atoms with E-state index < -0.39 is 0 Å². The molecule has 1 nitrogen and oxygen atoms in total. The van der Waals surface area contributed by atoms with Gasteiger partial charge in [-0.05, 0) is 55.8 Å². The van der Waals surface area contributed by atoms with Crippen molar-refractivity contribution in [3.63, 3.8) is 0 Å². The zero-order chi connectivity index (χ0) is 9.44. The summed E-state index contributed by atoms with van der Waals surface area (Å²) in [5, 5.41) is 0. The maximum atomic E-state index is 11.9. The molecule has 0 radical (unpaired) electrons. The summed E-state index contributed by atoms with van der Waals surface area (Å²) < 4.78 is 0. The second-order valence-electron chi connectivity index (χ2n) is 6.22. The van der Waals surface area contributed by atoms with Crippen molar-refractivity contribution in [2.24, 2.45) is 16.2 Å². The first-order valence-electron chi connectivity index (χ1n) is 6.28. The summed E-state index contributed by atoms with van der Waals surface area (Å²) in [6, 6.07) is 0. The van der Waals surface area contributed by atoms with Crippen LogP contribution in [0.25, 0.3) is 0 Å². The molecule has 4 saturated carbocycles. The van der Waals surface area contributed by atoms with Crippen LogP contribution in [0.1, 0.15) is 57.8 Å². The summed E-state index contributed by atoms with van der Waals surface area (Å²) >= 11 is 0. The van der Waals surface area contributed by atoms with Gasteiger partial charge in [0.25, 0.3) is 0 Å². The molecule has 0 N–H and O–H groups in total. The van der Waals surface area contributed by atoms with Gasteiger partial charge in [-0.15, -0.1) is 0 Å². The van der Waals surface area contributed by atoms with E-state index in [-0.39, 0.29) is 5.41 Å². The number of fused-ring (bicyclic) bond motifs is 2. The van der Waals surface area contributed by atoms with Crippen LogP contribution in [0, 0.1) is 16.2 Å². The van der Waals surface area contributed by atoms with Gasteiger partial charge in [-0.3, -0.25) is 4.79 Å². The van der Waals surface area contributed by atoms with Crippen molar-refractivity contribution in [3.05, 3.63) is 0 Å². The fraction of sp³-hybridized carbons (Fsp3) is 0.923. The van der Waals surface area contributed by atoms with Crippen molar-refractivity contribution >= 4 is 5.78 Å². The van der Waals surface area contributed by atoms with Crippen molar-refractivity contribution < 1.29 is 4.79 Å². The Morgan fingerprint density at radius 2 is 1.64 bits per heavy atom. The zero-order valence-corrected chi connectivity index (χ0v) is 8.77. The Labute approximate surface area is 85.3 Å². The summed E-state index contributed by atoms with van der Waals surface area (Å²) in [4.78, 5) is 11.9. The lowest BCUT2D eigenvalue weighted by Gasteiger charge is -2.78. The summed E-state index contributed by atoms with van der Waals surface area (Å²) in [6.45, 7) is 0. The van der Waals surface area contributed by atoms with Crippen LogP contribution in [0.4, 0.5) is 0 Å². The topological polar surface area (TPSA) is 17.1 Å². The van der Waals surface area contributed by atoms with Crippen molar-refractivity contribution in [2.45, 2.75) is 57.8 Å². The van der Waals surface area contributed by atoms with Gasteiger partial charge in [0.15, 0.2) is 0 Å². The largest absolute Gasteiger partial charge is 0.299 e. The van der Waals surface area contributed by atoms with Crippen molar-refractivity contribution in [2.75, 3.05) is 0 Å². The lowest BCUT2D eigenvalue weighted by molar-refractivity contribution is -0.279. The van der Waals surface area contributed by atoms with Gasteiger partial charge in [0, 0.05) is 11.8 Å². The molecule has 76 valence electrons. The normalized spacial score (nSPS) is 52.4. The van der Waals surface area contributed by atoms with Crippen LogP contribution in [-0.2, 0) is 4.79 Å². The monoisotopic (exact) mass is 190 g/mol. The van der Waals surface area contributed by atoms with E-state index >= 15 is 0 Å². The SMILES string of the molecule is O=C1CCC12CC[C@@]21CCC12CCC2. The number of carbonyl (C=O) groups is 1. The van der Waals surface area contributed by atoms with Gasteiger partial charge in [-0.1, -0.05) is 6.42 Å². The lowest BCUT2D eigenvalue weighted by Crippen LogP contribution is -2.73. The fourth-order valence-corrected chi connectivity index (χ4v) is 5.28. The molecule has 0 saturated heterocycles. The van der Waals surface area contributed by atoms with E-state index in [1.165, 1.54) is 51.4 Å². The highest BCUT2D eigenvalue weighted by Gasteiger charge is 2.77. The van der Waals surface area contributed by atoms with Crippen molar-refractivity contribution in [3.8, 4) is 0 Å². The Balaban J connectivity index is 1.74. The Morgan fingerprint density at radius 3 is 1.86 bits per heavy atom. The number of Topliss-reactive ketones (excluding diaryl/α,β-unsaturated/α-hetero) is 1. The van der Waals surface area contributed by atoms with Crippen LogP contribution in [0.5, 0.6) is 0 Å². The number of rotatable bonds is 0. The Hall–Kier alpha value is -0.330. The Bertz CT molecular complexity index is 315. The molecule has 4 aliphatic carbocycles. The third-order valence-corrected chi connectivity index (χ3v) is 6.56. The van der Waals surface area contributed by atoms with Crippen LogP contribution in [0.2, 0.25) is 0 Å². The summed E-state index contributed by atoms with van der Waals surface area (Å²) in [7, 11) is 0. The highest BCUT2D eigenvalue weighted by atomic mass is 16.1. The molecule has 4 aliphatic rings. The standard InChI is InChI=1S/C13H18O/c14-10-2-5-12(10)7-9-13(12)8-6-11(13)3-1-4-11/h1-9H2/t12?,13-/m1/s1. The predicted octanol–water partition coefficient (Wildman–Crippen LogP) is 3.08. The molecule has 0 heterocycles. The molecule has 14 heavy (non-hydrogen) atoms. The zero-order valence-electron chi connectivity index (χ0n) is 8.77. The minimum atomic E-state index is 0.242. The molecule has 0 aromatic heterocycles. The number of carbonyl (C=O) groups excluding carboxylic acids is 1. The van der Waals surface area contributed by atoms with Crippen LogP contribution in [-0.4, -0.2) is 5.78 Å². The minimum Gasteiger partial charge on any atom is -0.299 e. The first kappa shape index (κ1) is 7.90. The third-order valence-electron chi connectivity index (χ3n) is 6.56.